The van der Waals surface area contributed by atoms with Crippen LogP contribution in [0.2, 0.25) is 0 Å². The van der Waals surface area contributed by atoms with Gasteiger partial charge in [0.2, 0.25) is 0 Å². The fraction of sp³-hybridized carbons (Fsp3) is 0.222. The largest absolute Gasteiger partial charge is 0.314 e. The predicted molar refractivity (Wildman–Crippen MR) is 50.1 cm³/mol. The number of hydrogen-bond acceptors (Lipinski definition) is 4. The molecule has 0 amide bonds. The third-order valence-corrected chi connectivity index (χ3v) is 1.88. The summed E-state index contributed by atoms with van der Waals surface area (Å²) in [5, 5.41) is 13.2. The van der Waals surface area contributed by atoms with Gasteiger partial charge in [0.1, 0.15) is 0 Å². The van der Waals surface area contributed by atoms with Crippen LogP contribution >= 0.6 is 0 Å². The topological polar surface area (TPSA) is 50.7 Å². The lowest BCUT2D eigenvalue weighted by atomic mass is 10.2. The Morgan fingerprint density at radius 3 is 3.15 bits per heavy atom. The zero-order chi connectivity index (χ0) is 9.10. The van der Waals surface area contributed by atoms with Crippen molar-refractivity contribution in [2.75, 3.05) is 7.05 Å². The van der Waals surface area contributed by atoms with Crippen LogP contribution in [-0.4, -0.2) is 22.2 Å². The van der Waals surface area contributed by atoms with E-state index in [1.807, 2.05) is 13.1 Å². The SMILES string of the molecule is CNCc1nncc2cnccc12. The molecule has 66 valence electrons. The summed E-state index contributed by atoms with van der Waals surface area (Å²) in [5.41, 5.74) is 0.961. The van der Waals surface area contributed by atoms with E-state index in [9.17, 15) is 0 Å². The summed E-state index contributed by atoms with van der Waals surface area (Å²) in [4.78, 5) is 4.03. The molecule has 0 aliphatic rings. The number of rotatable bonds is 2. The van der Waals surface area contributed by atoms with E-state index in [2.05, 4.69) is 20.5 Å². The van der Waals surface area contributed by atoms with Gasteiger partial charge in [-0.25, -0.2) is 0 Å². The molecule has 13 heavy (non-hydrogen) atoms. The van der Waals surface area contributed by atoms with E-state index in [0.717, 1.165) is 23.0 Å². The third-order valence-electron chi connectivity index (χ3n) is 1.88. The lowest BCUT2D eigenvalue weighted by Gasteiger charge is -2.01. The van der Waals surface area contributed by atoms with E-state index in [1.54, 1.807) is 18.6 Å². The van der Waals surface area contributed by atoms with Gasteiger partial charge in [-0.15, -0.1) is 0 Å². The standard InChI is InChI=1S/C9H10N4/c1-10-6-9-8-2-3-11-4-7(8)5-12-13-9/h2-5,10H,6H2,1H3. The number of nitrogens with zero attached hydrogens (tertiary/aromatic N) is 3. The first kappa shape index (κ1) is 8.07. The first-order valence-electron chi connectivity index (χ1n) is 4.10. The summed E-state index contributed by atoms with van der Waals surface area (Å²) in [6.07, 6.45) is 5.29. The fourth-order valence-corrected chi connectivity index (χ4v) is 1.29. The van der Waals surface area contributed by atoms with Gasteiger partial charge in [0.25, 0.3) is 0 Å². The molecular weight excluding hydrogens is 164 g/mol. The van der Waals surface area contributed by atoms with Gasteiger partial charge in [-0.3, -0.25) is 4.98 Å². The number of pyridine rings is 1. The number of nitrogens with one attached hydrogen (secondary N) is 1. The van der Waals surface area contributed by atoms with E-state index in [4.69, 9.17) is 0 Å². The fourth-order valence-electron chi connectivity index (χ4n) is 1.29. The van der Waals surface area contributed by atoms with Gasteiger partial charge in [0.15, 0.2) is 0 Å². The number of hydrogen-bond donors (Lipinski definition) is 1. The lowest BCUT2D eigenvalue weighted by molar-refractivity contribution is 0.777. The number of fused-ring (bicyclic) bond motifs is 1. The van der Waals surface area contributed by atoms with Crippen molar-refractivity contribution < 1.29 is 0 Å². The molecule has 2 aromatic rings. The van der Waals surface area contributed by atoms with Gasteiger partial charge in [-0.1, -0.05) is 0 Å². The van der Waals surface area contributed by atoms with Gasteiger partial charge in [-0.2, -0.15) is 10.2 Å². The average Bonchev–Trinajstić information content (AvgIpc) is 2.19. The Balaban J connectivity index is 2.61. The summed E-state index contributed by atoms with van der Waals surface area (Å²) >= 11 is 0. The Kier molecular flexibility index (Phi) is 2.14. The van der Waals surface area contributed by atoms with Crippen LogP contribution in [0.5, 0.6) is 0 Å². The first-order chi connectivity index (χ1) is 6.42. The van der Waals surface area contributed by atoms with Gasteiger partial charge < -0.3 is 5.32 Å². The Hall–Kier alpha value is -1.55. The van der Waals surface area contributed by atoms with E-state index < -0.39 is 0 Å². The minimum atomic E-state index is 0.731. The smallest absolute Gasteiger partial charge is 0.0848 e. The summed E-state index contributed by atoms with van der Waals surface area (Å²) in [6.45, 7) is 0.731. The van der Waals surface area contributed by atoms with Crippen molar-refractivity contribution in [1.82, 2.24) is 20.5 Å². The molecule has 0 atom stereocenters. The summed E-state index contributed by atoms with van der Waals surface area (Å²) in [7, 11) is 1.89. The van der Waals surface area contributed by atoms with Crippen molar-refractivity contribution in [3.05, 3.63) is 30.4 Å². The minimum Gasteiger partial charge on any atom is -0.314 e. The average molecular weight is 174 g/mol. The van der Waals surface area contributed by atoms with Crippen LogP contribution in [0.3, 0.4) is 0 Å². The molecule has 0 aliphatic carbocycles. The highest BCUT2D eigenvalue weighted by Crippen LogP contribution is 2.12. The molecule has 0 fully saturated rings. The molecule has 0 aliphatic heterocycles. The Morgan fingerprint density at radius 2 is 2.31 bits per heavy atom. The summed E-state index contributed by atoms with van der Waals surface area (Å²) < 4.78 is 0. The molecule has 0 bridgehead atoms. The van der Waals surface area contributed by atoms with E-state index >= 15 is 0 Å². The second-order valence-electron chi connectivity index (χ2n) is 2.78. The maximum Gasteiger partial charge on any atom is 0.0848 e. The molecule has 0 aromatic carbocycles. The Bertz CT molecular complexity index is 408. The number of aromatic nitrogens is 3. The second kappa shape index (κ2) is 3.45. The molecule has 2 rings (SSSR count). The van der Waals surface area contributed by atoms with Crippen molar-refractivity contribution >= 4 is 10.8 Å². The van der Waals surface area contributed by atoms with Crippen molar-refractivity contribution in [3.63, 3.8) is 0 Å². The molecule has 0 unspecified atom stereocenters. The minimum absolute atomic E-state index is 0.731. The Morgan fingerprint density at radius 1 is 1.38 bits per heavy atom. The highest BCUT2D eigenvalue weighted by molar-refractivity contribution is 5.82. The van der Waals surface area contributed by atoms with Crippen LogP contribution in [0.4, 0.5) is 0 Å². The molecule has 0 saturated heterocycles. The van der Waals surface area contributed by atoms with E-state index in [1.165, 1.54) is 0 Å². The van der Waals surface area contributed by atoms with Crippen molar-refractivity contribution in [2.24, 2.45) is 0 Å². The predicted octanol–water partition coefficient (Wildman–Crippen LogP) is 0.744. The van der Waals surface area contributed by atoms with E-state index in [0.29, 0.717) is 0 Å². The second-order valence-corrected chi connectivity index (χ2v) is 2.78. The molecule has 1 N–H and O–H groups in total. The van der Waals surface area contributed by atoms with Crippen LogP contribution in [0.1, 0.15) is 5.69 Å². The molecule has 4 nitrogen and oxygen atoms in total. The molecule has 0 saturated carbocycles. The van der Waals surface area contributed by atoms with E-state index in [-0.39, 0.29) is 0 Å². The quantitative estimate of drug-likeness (QED) is 0.729. The maximum atomic E-state index is 4.06. The zero-order valence-corrected chi connectivity index (χ0v) is 7.36. The Labute approximate surface area is 76.0 Å². The molecule has 2 heterocycles. The van der Waals surface area contributed by atoms with Crippen molar-refractivity contribution in [3.8, 4) is 0 Å². The normalized spacial score (nSPS) is 10.5. The maximum absolute atomic E-state index is 4.06. The van der Waals surface area contributed by atoms with Crippen LogP contribution < -0.4 is 5.32 Å². The molecule has 0 spiro atoms. The van der Waals surface area contributed by atoms with Crippen LogP contribution in [0.25, 0.3) is 10.8 Å². The molecule has 2 aromatic heterocycles. The van der Waals surface area contributed by atoms with Crippen molar-refractivity contribution in [1.29, 1.82) is 0 Å². The zero-order valence-electron chi connectivity index (χ0n) is 7.36. The molecule has 0 radical (unpaired) electrons. The van der Waals surface area contributed by atoms with Gasteiger partial charge in [-0.05, 0) is 13.1 Å². The summed E-state index contributed by atoms with van der Waals surface area (Å²) in [5.74, 6) is 0. The van der Waals surface area contributed by atoms with Crippen LogP contribution in [0.15, 0.2) is 24.7 Å². The van der Waals surface area contributed by atoms with Gasteiger partial charge in [0, 0.05) is 29.7 Å². The lowest BCUT2D eigenvalue weighted by Crippen LogP contribution is -2.08. The van der Waals surface area contributed by atoms with Crippen LogP contribution in [-0.2, 0) is 6.54 Å². The monoisotopic (exact) mass is 174 g/mol. The highest BCUT2D eigenvalue weighted by Gasteiger charge is 2.00. The highest BCUT2D eigenvalue weighted by atomic mass is 15.1. The molecular formula is C9H10N4. The molecule has 4 heteroatoms. The van der Waals surface area contributed by atoms with Gasteiger partial charge in [0.05, 0.1) is 11.9 Å². The summed E-state index contributed by atoms with van der Waals surface area (Å²) in [6, 6.07) is 1.96. The van der Waals surface area contributed by atoms with Gasteiger partial charge >= 0.3 is 0 Å². The van der Waals surface area contributed by atoms with Crippen LogP contribution in [0, 0.1) is 0 Å². The third kappa shape index (κ3) is 1.48. The van der Waals surface area contributed by atoms with Crippen molar-refractivity contribution in [2.45, 2.75) is 6.54 Å². The first-order valence-corrected chi connectivity index (χ1v) is 4.10.